The first-order valence-corrected chi connectivity index (χ1v) is 1.51. The Kier molecular flexibility index (Phi) is 548. The van der Waals surface area contributed by atoms with Crippen molar-refractivity contribution < 1.29 is 45.2 Å². The van der Waals surface area contributed by atoms with Crippen molar-refractivity contribution >= 4 is 0 Å². The molecule has 14 heteroatoms. The average molecular weight is 227 g/mol. The SMILES string of the molecule is N.O=NO.O=NO.O=NO.O=N[O-].[Na+]. The molecule has 0 bridgehead atoms. The Hall–Kier alpha value is -1.44. The maximum Gasteiger partial charge on any atom is 1.00 e. The zero-order chi connectivity index (χ0) is 10.8. The summed E-state index contributed by atoms with van der Waals surface area (Å²) in [4.78, 5) is 32.3. The van der Waals surface area contributed by atoms with Gasteiger partial charge in [-0.25, -0.2) is 0 Å². The van der Waals surface area contributed by atoms with E-state index in [4.69, 9.17) is 40.5 Å². The monoisotopic (exact) mass is 227 g/mol. The molecule has 0 aliphatic heterocycles. The molecule has 80 valence electrons. The molecule has 0 heterocycles. The summed E-state index contributed by atoms with van der Waals surface area (Å²) in [7, 11) is 0. The molecule has 0 aromatic rings. The van der Waals surface area contributed by atoms with Gasteiger partial charge in [0.05, 0.1) is 0 Å². The predicted octanol–water partition coefficient (Wildman–Crippen LogP) is -2.16. The summed E-state index contributed by atoms with van der Waals surface area (Å²) in [6.07, 6.45) is 0. The largest absolute Gasteiger partial charge is 1.00 e. The molecule has 0 spiro atoms. The van der Waals surface area contributed by atoms with E-state index in [1.54, 1.807) is 0 Å². The van der Waals surface area contributed by atoms with Crippen molar-refractivity contribution in [1.29, 1.82) is 0 Å². The summed E-state index contributed by atoms with van der Waals surface area (Å²) in [5.74, 6) is 0. The van der Waals surface area contributed by atoms with Crippen LogP contribution in [-0.2, 0) is 0 Å². The van der Waals surface area contributed by atoms with Gasteiger partial charge in [-0.2, -0.15) is 0 Å². The fourth-order valence-electron chi connectivity index (χ4n) is 0. The maximum absolute atomic E-state index is 8.11. The molecule has 0 atom stereocenters. The first-order chi connectivity index (χ1) is 5.66. The summed E-state index contributed by atoms with van der Waals surface area (Å²) >= 11 is 0. The number of rotatable bonds is 0. The second-order valence-electron chi connectivity index (χ2n) is 0.319. The minimum atomic E-state index is 0. The quantitative estimate of drug-likeness (QED) is 0.200. The van der Waals surface area contributed by atoms with Crippen LogP contribution in [0.3, 0.4) is 0 Å². The molecule has 0 amide bonds. The molecule has 6 N–H and O–H groups in total. The first-order valence-electron chi connectivity index (χ1n) is 1.51. The van der Waals surface area contributed by atoms with Crippen molar-refractivity contribution in [1.82, 2.24) is 6.15 Å². The minimum Gasteiger partial charge on any atom is -0.444 e. The molecule has 0 rings (SSSR count). The number of nitrogens with zero attached hydrogens (tertiary/aromatic N) is 4. The fourth-order valence-corrected chi connectivity index (χ4v) is 0. The molecular weight excluding hydrogens is 221 g/mol. The Balaban J connectivity index is -0.0000000145. The van der Waals surface area contributed by atoms with Crippen LogP contribution in [0.25, 0.3) is 0 Å². The molecule has 13 nitrogen and oxygen atoms in total. The van der Waals surface area contributed by atoms with Crippen molar-refractivity contribution in [3.8, 4) is 0 Å². The third kappa shape index (κ3) is 465. The normalized spacial score (nSPS) is 3.43. The Morgan fingerprint density at radius 3 is 0.786 bits per heavy atom. The number of hydrogen-bond acceptors (Lipinski definition) is 10. The van der Waals surface area contributed by atoms with E-state index >= 15 is 0 Å². The standard InChI is InChI=1S/4HNO2.H3N.Na/c4*2-1-3;;/h4*(H,2,3);1H3;/q;;;;;+1/p-1. The van der Waals surface area contributed by atoms with Crippen molar-refractivity contribution in [2.45, 2.75) is 0 Å². The van der Waals surface area contributed by atoms with E-state index < -0.39 is 0 Å². The van der Waals surface area contributed by atoms with Crippen LogP contribution in [0.2, 0.25) is 0 Å². The van der Waals surface area contributed by atoms with Gasteiger partial charge in [0, 0.05) is 0 Å². The van der Waals surface area contributed by atoms with E-state index in [9.17, 15) is 0 Å². The molecule has 0 aromatic carbocycles. The van der Waals surface area contributed by atoms with Crippen LogP contribution in [0.5, 0.6) is 0 Å². The van der Waals surface area contributed by atoms with E-state index in [0.29, 0.717) is 0 Å². The van der Waals surface area contributed by atoms with Gasteiger partial charge in [-0.3, -0.25) is 0 Å². The first kappa shape index (κ1) is 39.0. The Morgan fingerprint density at radius 1 is 0.786 bits per heavy atom. The second-order valence-corrected chi connectivity index (χ2v) is 0.319. The Morgan fingerprint density at radius 2 is 0.786 bits per heavy atom. The fraction of sp³-hybridized carbons (Fsp3) is 0. The van der Waals surface area contributed by atoms with E-state index in [0.717, 1.165) is 5.34 Å². The van der Waals surface area contributed by atoms with Crippen molar-refractivity contribution in [2.75, 3.05) is 0 Å². The maximum atomic E-state index is 8.11. The summed E-state index contributed by atoms with van der Waals surface area (Å²) in [6.45, 7) is 0. The molecule has 0 aromatic heterocycles. The van der Waals surface area contributed by atoms with E-state index in [2.05, 4.69) is 0 Å². The van der Waals surface area contributed by atoms with E-state index in [1.165, 1.54) is 16.0 Å². The zero-order valence-corrected chi connectivity index (χ0v) is 8.88. The van der Waals surface area contributed by atoms with Crippen molar-refractivity contribution in [2.24, 2.45) is 21.4 Å². The third-order valence-corrected chi connectivity index (χ3v) is 0. The van der Waals surface area contributed by atoms with Crippen LogP contribution in [0.15, 0.2) is 21.4 Å². The van der Waals surface area contributed by atoms with E-state index in [1.807, 2.05) is 0 Å². The van der Waals surface area contributed by atoms with Crippen LogP contribution in [0.4, 0.5) is 0 Å². The van der Waals surface area contributed by atoms with Gasteiger partial charge in [0.25, 0.3) is 0 Å². The molecule has 0 saturated carbocycles. The topological polar surface area (TPSA) is 236 Å². The van der Waals surface area contributed by atoms with E-state index in [-0.39, 0.29) is 35.7 Å². The number of hydrogen-bond donors (Lipinski definition) is 4. The van der Waals surface area contributed by atoms with Crippen LogP contribution < -0.4 is 35.7 Å². The summed E-state index contributed by atoms with van der Waals surface area (Å²) in [5.41, 5.74) is 0. The summed E-state index contributed by atoms with van der Waals surface area (Å²) in [6, 6.07) is 0. The van der Waals surface area contributed by atoms with Gasteiger partial charge in [-0.15, -0.1) is 20.1 Å². The van der Waals surface area contributed by atoms with Gasteiger partial charge in [-0.1, -0.05) is 0 Å². The van der Waals surface area contributed by atoms with Crippen LogP contribution in [-0.4, -0.2) is 15.6 Å². The molecule has 0 saturated heterocycles. The van der Waals surface area contributed by atoms with Gasteiger partial charge in [-0.05, 0) is 0 Å². The molecule has 0 radical (unpaired) electrons. The van der Waals surface area contributed by atoms with Gasteiger partial charge < -0.3 is 31.9 Å². The van der Waals surface area contributed by atoms with Crippen LogP contribution in [0, 0.1) is 24.8 Å². The molecule has 0 aliphatic carbocycles. The van der Waals surface area contributed by atoms with Crippen molar-refractivity contribution in [3.63, 3.8) is 0 Å². The average Bonchev–Trinajstić information content (AvgIpc) is 1.92. The molecule has 0 aliphatic rings. The summed E-state index contributed by atoms with van der Waals surface area (Å²) in [5, 5.41) is 32.7. The minimum absolute atomic E-state index is 0. The zero-order valence-electron chi connectivity index (χ0n) is 6.88. The molecule has 0 fully saturated rings. The second kappa shape index (κ2) is 197. The van der Waals surface area contributed by atoms with Crippen LogP contribution in [0.1, 0.15) is 0 Å². The van der Waals surface area contributed by atoms with Crippen molar-refractivity contribution in [3.05, 3.63) is 24.8 Å². The Labute approximate surface area is 97.7 Å². The van der Waals surface area contributed by atoms with Gasteiger partial charge in [0.1, 0.15) is 0 Å². The third-order valence-electron chi connectivity index (χ3n) is 0. The predicted molar refractivity (Wildman–Crippen MR) is 36.9 cm³/mol. The van der Waals surface area contributed by atoms with Gasteiger partial charge >= 0.3 is 29.6 Å². The van der Waals surface area contributed by atoms with Crippen LogP contribution >= 0.6 is 0 Å². The summed E-state index contributed by atoms with van der Waals surface area (Å²) < 4.78 is 0. The van der Waals surface area contributed by atoms with Gasteiger partial charge in [0.15, 0.2) is 16.0 Å². The van der Waals surface area contributed by atoms with Gasteiger partial charge in [0.2, 0.25) is 0 Å². The smallest absolute Gasteiger partial charge is 0.444 e. The molecular formula is H6N5NaO8. The Bertz CT molecular complexity index is 71.7. The molecule has 14 heavy (non-hydrogen) atoms. The molecule has 0 unspecified atom stereocenters.